The van der Waals surface area contributed by atoms with Crippen molar-refractivity contribution < 1.29 is 23.1 Å². The van der Waals surface area contributed by atoms with Crippen molar-refractivity contribution in [2.45, 2.75) is 70.3 Å². The predicted octanol–water partition coefficient (Wildman–Crippen LogP) is 5.49. The number of ether oxygens (including phenoxy) is 1. The number of sulfonamides is 1. The van der Waals surface area contributed by atoms with Crippen LogP contribution in [0.5, 0.6) is 5.75 Å². The lowest BCUT2D eigenvalue weighted by atomic mass is 9.70. The second-order valence-electron chi connectivity index (χ2n) is 11.6. The first-order valence-corrected chi connectivity index (χ1v) is 16.2. The summed E-state index contributed by atoms with van der Waals surface area (Å²) < 4.78 is 34.8. The Kier molecular flexibility index (Phi) is 8.78. The molecule has 216 valence electrons. The van der Waals surface area contributed by atoms with Gasteiger partial charge in [-0.3, -0.25) is 4.79 Å². The molecular formula is C31H39ClN2O5S. The summed E-state index contributed by atoms with van der Waals surface area (Å²) in [6, 6.07) is 11.0. The summed E-state index contributed by atoms with van der Waals surface area (Å²) >= 11 is 6.29. The normalized spacial score (nSPS) is 29.9. The van der Waals surface area contributed by atoms with Crippen LogP contribution < -0.4 is 14.4 Å². The number of aliphatic hydroxyl groups excluding tert-OH is 1. The highest BCUT2D eigenvalue weighted by Crippen LogP contribution is 2.41. The van der Waals surface area contributed by atoms with Crippen LogP contribution >= 0.6 is 11.6 Å². The van der Waals surface area contributed by atoms with Crippen LogP contribution in [0.15, 0.2) is 48.6 Å². The van der Waals surface area contributed by atoms with Gasteiger partial charge in [-0.25, -0.2) is 13.1 Å². The molecule has 2 aromatic carbocycles. The summed E-state index contributed by atoms with van der Waals surface area (Å²) in [7, 11) is -3.91. The molecule has 0 saturated heterocycles. The van der Waals surface area contributed by atoms with Crippen LogP contribution in [0.2, 0.25) is 5.02 Å². The van der Waals surface area contributed by atoms with Gasteiger partial charge in [-0.05, 0) is 105 Å². The van der Waals surface area contributed by atoms with Crippen molar-refractivity contribution in [3.63, 3.8) is 0 Å². The summed E-state index contributed by atoms with van der Waals surface area (Å²) in [5.74, 6) is 0.210. The Hall–Kier alpha value is -2.55. The Balaban J connectivity index is 1.54. The first kappa shape index (κ1) is 29.0. The van der Waals surface area contributed by atoms with E-state index in [0.717, 1.165) is 56.4 Å². The number of fused-ring (bicyclic) bond motifs is 3. The second-order valence-corrected chi connectivity index (χ2v) is 14.1. The molecule has 3 aliphatic rings. The van der Waals surface area contributed by atoms with Crippen LogP contribution in [0, 0.1) is 17.8 Å². The number of aryl methyl sites for hydroxylation is 1. The first-order chi connectivity index (χ1) is 19.1. The number of benzene rings is 2. The molecule has 2 heterocycles. The van der Waals surface area contributed by atoms with Crippen molar-refractivity contribution in [3.8, 4) is 5.75 Å². The first-order valence-electron chi connectivity index (χ1n) is 14.3. The molecule has 1 amide bonds. The number of hydrogen-bond acceptors (Lipinski definition) is 6. The Morgan fingerprint density at radius 3 is 2.67 bits per heavy atom. The third kappa shape index (κ3) is 6.34. The summed E-state index contributed by atoms with van der Waals surface area (Å²) in [6.07, 6.45) is 8.39. The van der Waals surface area contributed by atoms with Crippen LogP contribution in [0.1, 0.15) is 67.4 Å². The van der Waals surface area contributed by atoms with Crippen LogP contribution in [0.3, 0.4) is 0 Å². The molecule has 7 nitrogen and oxygen atoms in total. The minimum Gasteiger partial charge on any atom is -0.487 e. The number of halogens is 1. The highest BCUT2D eigenvalue weighted by atomic mass is 35.5. The van der Waals surface area contributed by atoms with Gasteiger partial charge in [0, 0.05) is 23.7 Å². The number of rotatable bonds is 0. The molecule has 2 bridgehead atoms. The summed E-state index contributed by atoms with van der Waals surface area (Å²) in [5, 5.41) is 10.9. The van der Waals surface area contributed by atoms with E-state index in [1.807, 2.05) is 37.3 Å². The Morgan fingerprint density at radius 2 is 1.90 bits per heavy atom. The number of allylic oxidation sites excluding steroid dienone is 1. The lowest BCUT2D eigenvalue weighted by Gasteiger charge is -2.42. The number of aliphatic hydroxyl groups is 1. The van der Waals surface area contributed by atoms with Gasteiger partial charge >= 0.3 is 0 Å². The molecule has 1 saturated carbocycles. The zero-order valence-corrected chi connectivity index (χ0v) is 24.8. The molecule has 1 aliphatic carbocycles. The molecule has 5 atom stereocenters. The summed E-state index contributed by atoms with van der Waals surface area (Å²) in [4.78, 5) is 15.5. The van der Waals surface area contributed by atoms with Gasteiger partial charge in [0.2, 0.25) is 10.0 Å². The third-order valence-electron chi connectivity index (χ3n) is 8.97. The zero-order valence-electron chi connectivity index (χ0n) is 23.2. The zero-order chi connectivity index (χ0) is 28.4. The van der Waals surface area contributed by atoms with E-state index in [2.05, 4.69) is 9.62 Å². The van der Waals surface area contributed by atoms with E-state index in [-0.39, 0.29) is 17.4 Å². The van der Waals surface area contributed by atoms with Gasteiger partial charge in [-0.2, -0.15) is 0 Å². The molecule has 1 fully saturated rings. The SMILES string of the molecule is C[C@@H]1[C@@H](C)C/C=C\[C@H](O)[C@@H]2CC[C@H]2CN2CCCCc3cc(Cl)ccc3COc3ccc(cc32)C(=O)NS1(=O)=O. The van der Waals surface area contributed by atoms with Crippen LogP contribution in [0.4, 0.5) is 5.69 Å². The molecule has 0 unspecified atom stereocenters. The van der Waals surface area contributed by atoms with E-state index in [4.69, 9.17) is 16.3 Å². The summed E-state index contributed by atoms with van der Waals surface area (Å²) in [6.45, 7) is 5.30. The van der Waals surface area contributed by atoms with Gasteiger partial charge in [-0.1, -0.05) is 36.7 Å². The number of nitrogens with zero attached hydrogens (tertiary/aromatic N) is 1. The molecule has 0 spiro atoms. The van der Waals surface area contributed by atoms with Gasteiger partial charge in [0.25, 0.3) is 5.91 Å². The van der Waals surface area contributed by atoms with Crippen LogP contribution in [0.25, 0.3) is 0 Å². The quantitative estimate of drug-likeness (QED) is 0.396. The van der Waals surface area contributed by atoms with Gasteiger partial charge in [0.05, 0.1) is 17.0 Å². The molecule has 2 aliphatic heterocycles. The number of amides is 1. The Morgan fingerprint density at radius 1 is 1.07 bits per heavy atom. The maximum absolute atomic E-state index is 13.3. The molecule has 2 N–H and O–H groups in total. The number of hydrogen-bond donors (Lipinski definition) is 2. The molecule has 0 aromatic heterocycles. The van der Waals surface area contributed by atoms with Crippen molar-refractivity contribution in [2.75, 3.05) is 18.0 Å². The standard InChI is InChI=1S/C31H39ClN2O5S/c1-20-6-5-8-29(35)27-13-10-24(27)18-34-15-4-3-7-22-16-26(32)12-9-25(22)19-39-30-14-11-23(17-28(30)34)31(36)33-40(37,38)21(20)2/h5,8-9,11-12,14,16-17,20-21,24,27,29,35H,3-4,6-7,10,13,15,18-19H2,1-2H3,(H,33,36)/b8-5-/t20-,21+,24-,27+,29-/m0/s1. The average Bonchev–Trinajstić information content (AvgIpc) is 2.92. The van der Waals surface area contributed by atoms with Crippen molar-refractivity contribution in [2.24, 2.45) is 17.8 Å². The van der Waals surface area contributed by atoms with Crippen LogP contribution in [-0.2, 0) is 23.1 Å². The number of nitrogens with one attached hydrogen (secondary N) is 1. The fourth-order valence-corrected chi connectivity index (χ4v) is 7.47. The van der Waals surface area contributed by atoms with Crippen LogP contribution in [-0.4, -0.2) is 43.9 Å². The van der Waals surface area contributed by atoms with E-state index in [1.54, 1.807) is 25.1 Å². The Bertz CT molecular complexity index is 1380. The van der Waals surface area contributed by atoms with E-state index in [9.17, 15) is 18.3 Å². The van der Waals surface area contributed by atoms with Gasteiger partial charge in [0.15, 0.2) is 0 Å². The van der Waals surface area contributed by atoms with Gasteiger partial charge in [-0.15, -0.1) is 0 Å². The van der Waals surface area contributed by atoms with Gasteiger partial charge < -0.3 is 14.7 Å². The number of anilines is 1. The molecule has 9 heteroatoms. The lowest BCUT2D eigenvalue weighted by molar-refractivity contribution is 0.0461. The molecule has 5 rings (SSSR count). The smallest absolute Gasteiger partial charge is 0.264 e. The summed E-state index contributed by atoms with van der Waals surface area (Å²) in [5.41, 5.74) is 3.29. The average molecular weight is 587 g/mol. The van der Waals surface area contributed by atoms with E-state index >= 15 is 0 Å². The van der Waals surface area contributed by atoms with Crippen molar-refractivity contribution >= 4 is 33.2 Å². The topological polar surface area (TPSA) is 95.9 Å². The highest BCUT2D eigenvalue weighted by Gasteiger charge is 2.37. The molecule has 40 heavy (non-hydrogen) atoms. The van der Waals surface area contributed by atoms with E-state index in [0.29, 0.717) is 29.7 Å². The Labute approximate surface area is 242 Å². The largest absolute Gasteiger partial charge is 0.487 e. The predicted molar refractivity (Wildman–Crippen MR) is 158 cm³/mol. The highest BCUT2D eigenvalue weighted by molar-refractivity contribution is 7.90. The van der Waals surface area contributed by atoms with Crippen molar-refractivity contribution in [1.29, 1.82) is 0 Å². The molecule has 2 aromatic rings. The fourth-order valence-electron chi connectivity index (χ4n) is 5.99. The fraction of sp³-hybridized carbons (Fsp3) is 0.516. The lowest BCUT2D eigenvalue weighted by Crippen LogP contribution is -2.43. The second kappa shape index (κ2) is 12.1. The molecular weight excluding hydrogens is 548 g/mol. The maximum atomic E-state index is 13.3. The minimum absolute atomic E-state index is 0.140. The van der Waals surface area contributed by atoms with Crippen molar-refractivity contribution in [3.05, 3.63) is 70.3 Å². The third-order valence-corrected chi connectivity index (χ3v) is 11.1. The van der Waals surface area contributed by atoms with Gasteiger partial charge in [0.1, 0.15) is 12.4 Å². The number of carbonyl (C=O) groups is 1. The minimum atomic E-state index is -3.91. The van der Waals surface area contributed by atoms with E-state index < -0.39 is 27.3 Å². The number of carbonyl (C=O) groups excluding carboxylic acids is 1. The molecule has 0 radical (unpaired) electrons. The monoisotopic (exact) mass is 586 g/mol. The van der Waals surface area contributed by atoms with E-state index in [1.165, 1.54) is 5.56 Å². The maximum Gasteiger partial charge on any atom is 0.264 e. The van der Waals surface area contributed by atoms with Crippen molar-refractivity contribution in [1.82, 2.24) is 4.72 Å².